The minimum Gasteiger partial charge on any atom is -0.496 e. The number of methoxy groups -OCH3 is 1. The Kier molecular flexibility index (Phi) is 3.57. The number of hydrogen-bond acceptors (Lipinski definition) is 4. The summed E-state index contributed by atoms with van der Waals surface area (Å²) in [6, 6.07) is 4.26. The van der Waals surface area contributed by atoms with Crippen LogP contribution in [0.15, 0.2) is 12.1 Å². The lowest BCUT2D eigenvalue weighted by Crippen LogP contribution is -1.92. The Hall–Kier alpha value is -1.55. The molecule has 1 heterocycles. The maximum Gasteiger partial charge on any atom is 0.125 e. The van der Waals surface area contributed by atoms with E-state index in [1.165, 1.54) is 0 Å². The molecule has 0 unspecified atom stereocenters. The van der Waals surface area contributed by atoms with Crippen LogP contribution in [0.3, 0.4) is 0 Å². The van der Waals surface area contributed by atoms with Gasteiger partial charge in [-0.2, -0.15) is 0 Å². The molecular weight excluding hydrogens is 244 g/mol. The molecule has 0 fully saturated rings. The number of ether oxygens (including phenoxy) is 1. The highest BCUT2D eigenvalue weighted by Crippen LogP contribution is 2.35. The van der Waals surface area contributed by atoms with Gasteiger partial charge in [-0.25, -0.2) is 4.98 Å². The molecule has 4 heteroatoms. The Morgan fingerprint density at radius 1 is 1.17 bits per heavy atom. The molecule has 0 amide bonds. The first-order valence-electron chi connectivity index (χ1n) is 5.87. The highest BCUT2D eigenvalue weighted by molar-refractivity contribution is 7.19. The van der Waals surface area contributed by atoms with Gasteiger partial charge in [0, 0.05) is 12.6 Å². The fraction of sp³-hybridized carbons (Fsp3) is 0.357. The van der Waals surface area contributed by atoms with Gasteiger partial charge in [0.1, 0.15) is 15.8 Å². The molecule has 2 rings (SSSR count). The van der Waals surface area contributed by atoms with Gasteiger partial charge in [-0.15, -0.1) is 0 Å². The molecule has 0 aliphatic rings. The molecule has 1 N–H and O–H groups in total. The molecule has 1 aromatic carbocycles. The van der Waals surface area contributed by atoms with Gasteiger partial charge in [-0.3, -0.25) is 0 Å². The number of anilines is 1. The molecule has 3 nitrogen and oxygen atoms in total. The average Bonchev–Trinajstić information content (AvgIpc) is 2.70. The molecule has 0 aliphatic heterocycles. The summed E-state index contributed by atoms with van der Waals surface area (Å²) in [6.07, 6.45) is 0. The summed E-state index contributed by atoms with van der Waals surface area (Å²) >= 11 is 1.68. The van der Waals surface area contributed by atoms with E-state index in [1.54, 1.807) is 18.4 Å². The average molecular weight is 262 g/mol. The van der Waals surface area contributed by atoms with Crippen LogP contribution in [0, 0.1) is 20.8 Å². The van der Waals surface area contributed by atoms with Crippen LogP contribution in [-0.2, 0) is 0 Å². The van der Waals surface area contributed by atoms with Gasteiger partial charge >= 0.3 is 0 Å². The van der Waals surface area contributed by atoms with Gasteiger partial charge in [0.25, 0.3) is 0 Å². The summed E-state index contributed by atoms with van der Waals surface area (Å²) in [5.74, 6) is 0.959. The smallest absolute Gasteiger partial charge is 0.125 e. The molecule has 0 bridgehead atoms. The summed E-state index contributed by atoms with van der Waals surface area (Å²) in [6.45, 7) is 6.15. The number of aryl methyl sites for hydroxylation is 3. The molecule has 0 spiro atoms. The second kappa shape index (κ2) is 4.98. The van der Waals surface area contributed by atoms with Crippen LogP contribution in [0.1, 0.15) is 16.8 Å². The molecule has 1 aromatic heterocycles. The van der Waals surface area contributed by atoms with Crippen molar-refractivity contribution in [3.05, 3.63) is 29.0 Å². The first-order chi connectivity index (χ1) is 8.56. The zero-order valence-electron chi connectivity index (χ0n) is 11.4. The zero-order chi connectivity index (χ0) is 13.3. The number of thiazole rings is 1. The Morgan fingerprint density at radius 2 is 1.78 bits per heavy atom. The summed E-state index contributed by atoms with van der Waals surface area (Å²) < 4.78 is 5.39. The number of benzene rings is 1. The SMILES string of the molecule is CNc1sc(-c2cc(C)c(OC)c(C)c2)nc1C. The van der Waals surface area contributed by atoms with Crippen molar-refractivity contribution in [2.24, 2.45) is 0 Å². The predicted octanol–water partition coefficient (Wildman–Crippen LogP) is 3.79. The molecule has 0 saturated heterocycles. The maximum atomic E-state index is 5.39. The second-order valence-electron chi connectivity index (χ2n) is 4.33. The van der Waals surface area contributed by atoms with E-state index in [-0.39, 0.29) is 0 Å². The highest BCUT2D eigenvalue weighted by Gasteiger charge is 2.11. The monoisotopic (exact) mass is 262 g/mol. The summed E-state index contributed by atoms with van der Waals surface area (Å²) in [5, 5.41) is 5.34. The van der Waals surface area contributed by atoms with Crippen molar-refractivity contribution >= 4 is 16.3 Å². The molecular formula is C14H18N2OS. The lowest BCUT2D eigenvalue weighted by molar-refractivity contribution is 0.408. The fourth-order valence-corrected chi connectivity index (χ4v) is 3.05. The van der Waals surface area contributed by atoms with E-state index < -0.39 is 0 Å². The third-order valence-electron chi connectivity index (χ3n) is 2.94. The molecule has 0 aliphatic carbocycles. The molecule has 0 atom stereocenters. The van der Waals surface area contributed by atoms with Gasteiger partial charge < -0.3 is 10.1 Å². The standard InChI is InChI=1S/C14H18N2OS/c1-8-6-11(7-9(2)12(8)17-5)14-16-10(3)13(15-4)18-14/h6-7,15H,1-5H3. The predicted molar refractivity (Wildman–Crippen MR) is 77.9 cm³/mol. The Bertz CT molecular complexity index is 552. The molecule has 0 radical (unpaired) electrons. The topological polar surface area (TPSA) is 34.1 Å². The highest BCUT2D eigenvalue weighted by atomic mass is 32.1. The van der Waals surface area contributed by atoms with Crippen LogP contribution in [0.25, 0.3) is 10.6 Å². The van der Waals surface area contributed by atoms with Crippen LogP contribution in [0.2, 0.25) is 0 Å². The normalized spacial score (nSPS) is 10.5. The van der Waals surface area contributed by atoms with E-state index in [0.717, 1.165) is 38.1 Å². The molecule has 96 valence electrons. The Balaban J connectivity index is 2.51. The Labute approximate surface area is 112 Å². The van der Waals surface area contributed by atoms with Gasteiger partial charge in [-0.1, -0.05) is 11.3 Å². The second-order valence-corrected chi connectivity index (χ2v) is 5.33. The lowest BCUT2D eigenvalue weighted by atomic mass is 10.1. The minimum atomic E-state index is 0.959. The van der Waals surface area contributed by atoms with Gasteiger partial charge in [0.2, 0.25) is 0 Å². The molecule has 18 heavy (non-hydrogen) atoms. The van der Waals surface area contributed by atoms with Crippen LogP contribution < -0.4 is 10.1 Å². The minimum absolute atomic E-state index is 0.959. The van der Waals surface area contributed by atoms with Crippen molar-refractivity contribution < 1.29 is 4.74 Å². The van der Waals surface area contributed by atoms with Gasteiger partial charge in [-0.05, 0) is 44.0 Å². The number of nitrogens with zero attached hydrogens (tertiary/aromatic N) is 1. The van der Waals surface area contributed by atoms with Crippen molar-refractivity contribution in [1.82, 2.24) is 4.98 Å². The van der Waals surface area contributed by atoms with Crippen LogP contribution in [0.4, 0.5) is 5.00 Å². The van der Waals surface area contributed by atoms with E-state index >= 15 is 0 Å². The van der Waals surface area contributed by atoms with Crippen molar-refractivity contribution in [2.75, 3.05) is 19.5 Å². The summed E-state index contributed by atoms with van der Waals surface area (Å²) in [4.78, 5) is 4.60. The molecule has 2 aromatic rings. The summed E-state index contributed by atoms with van der Waals surface area (Å²) in [7, 11) is 3.64. The maximum absolute atomic E-state index is 5.39. The van der Waals surface area contributed by atoms with Crippen molar-refractivity contribution in [3.8, 4) is 16.3 Å². The zero-order valence-corrected chi connectivity index (χ0v) is 12.2. The first kappa shape index (κ1) is 12.9. The van der Waals surface area contributed by atoms with E-state index in [9.17, 15) is 0 Å². The number of nitrogens with one attached hydrogen (secondary N) is 1. The van der Waals surface area contributed by atoms with Crippen molar-refractivity contribution in [3.63, 3.8) is 0 Å². The number of aromatic nitrogens is 1. The van der Waals surface area contributed by atoms with Crippen LogP contribution in [0.5, 0.6) is 5.75 Å². The number of hydrogen-bond donors (Lipinski definition) is 1. The molecule has 0 saturated carbocycles. The third-order valence-corrected chi connectivity index (χ3v) is 4.16. The van der Waals surface area contributed by atoms with E-state index in [2.05, 4.69) is 36.3 Å². The Morgan fingerprint density at radius 3 is 2.22 bits per heavy atom. The van der Waals surface area contributed by atoms with E-state index in [4.69, 9.17) is 4.74 Å². The number of rotatable bonds is 3. The fourth-order valence-electron chi connectivity index (χ4n) is 2.15. The summed E-state index contributed by atoms with van der Waals surface area (Å²) in [5.41, 5.74) is 4.49. The largest absolute Gasteiger partial charge is 0.496 e. The van der Waals surface area contributed by atoms with Gasteiger partial charge in [0.05, 0.1) is 12.8 Å². The first-order valence-corrected chi connectivity index (χ1v) is 6.69. The third kappa shape index (κ3) is 2.20. The van der Waals surface area contributed by atoms with Gasteiger partial charge in [0.15, 0.2) is 0 Å². The van der Waals surface area contributed by atoms with Crippen molar-refractivity contribution in [2.45, 2.75) is 20.8 Å². The van der Waals surface area contributed by atoms with Crippen LogP contribution >= 0.6 is 11.3 Å². The quantitative estimate of drug-likeness (QED) is 0.914. The van der Waals surface area contributed by atoms with Crippen LogP contribution in [-0.4, -0.2) is 19.1 Å². The lowest BCUT2D eigenvalue weighted by Gasteiger charge is -2.09. The van der Waals surface area contributed by atoms with E-state index in [0.29, 0.717) is 0 Å². The van der Waals surface area contributed by atoms with Crippen molar-refractivity contribution in [1.29, 1.82) is 0 Å². The van der Waals surface area contributed by atoms with E-state index in [1.807, 2.05) is 14.0 Å².